The molecule has 0 radical (unpaired) electrons. The Hall–Kier alpha value is -0.392. The van der Waals surface area contributed by atoms with Gasteiger partial charge in [0.05, 0.1) is 0 Å². The third-order valence-corrected chi connectivity index (χ3v) is 2.13. The van der Waals surface area contributed by atoms with Gasteiger partial charge >= 0.3 is 49.5 Å². The summed E-state index contributed by atoms with van der Waals surface area (Å²) in [7, 11) is -5.84. The Morgan fingerprint density at radius 3 is 0.950 bits per heavy atom. The van der Waals surface area contributed by atoms with Gasteiger partial charge in [0.25, 0.3) is 0 Å². The van der Waals surface area contributed by atoms with E-state index >= 15 is 0 Å². The fraction of sp³-hybridized carbons (Fsp3) is 0.667. The van der Waals surface area contributed by atoms with Crippen LogP contribution < -0.4 is 0 Å². The molecule has 116 valence electrons. The van der Waals surface area contributed by atoms with E-state index in [0.29, 0.717) is 0 Å². The maximum Gasteiger partial charge on any atom is 0 e. The van der Waals surface area contributed by atoms with Crippen LogP contribution in [0.5, 0.6) is 0 Å². The Labute approximate surface area is 129 Å². The summed E-state index contributed by atoms with van der Waals surface area (Å²) in [6.07, 6.45) is 7.50. The molecule has 0 aliphatic heterocycles. The van der Waals surface area contributed by atoms with Crippen LogP contribution in [0.25, 0.3) is 0 Å². The van der Waals surface area contributed by atoms with E-state index in [1.165, 1.54) is 32.1 Å². The normalized spacial score (nSPS) is 11.9. The molecule has 0 saturated heterocycles. The van der Waals surface area contributed by atoms with Crippen molar-refractivity contribution in [1.82, 2.24) is 0 Å². The maximum atomic E-state index is 10.7. The molecule has 0 heterocycles. The molecule has 0 spiro atoms. The minimum atomic E-state index is -5.84. The van der Waals surface area contributed by atoms with E-state index in [1.54, 1.807) is 0 Å². The topological polar surface area (TPSA) is 114 Å². The number of halogens is 3. The molecule has 20 heavy (non-hydrogen) atoms. The number of alkyl halides is 3. The van der Waals surface area contributed by atoms with Crippen molar-refractivity contribution < 1.29 is 61.2 Å². The molecule has 1 aliphatic carbocycles. The molecule has 0 bridgehead atoms. The Morgan fingerprint density at radius 1 is 0.800 bits per heavy atom. The second-order valence-electron chi connectivity index (χ2n) is 2.69. The van der Waals surface area contributed by atoms with Crippen LogP contribution in [-0.4, -0.2) is 18.5 Å². The molecule has 6 nitrogen and oxygen atoms in total. The summed E-state index contributed by atoms with van der Waals surface area (Å²) in [6.45, 7) is 13.5. The summed E-state index contributed by atoms with van der Waals surface area (Å²) in [5.41, 5.74) is -5.53. The summed E-state index contributed by atoms with van der Waals surface area (Å²) in [5.74, 6) is 0. The monoisotopic (exact) mass is 402 g/mol. The van der Waals surface area contributed by atoms with Gasteiger partial charge in [0.2, 0.25) is 0 Å². The van der Waals surface area contributed by atoms with Crippen molar-refractivity contribution in [2.75, 3.05) is 0 Å². The van der Waals surface area contributed by atoms with E-state index < -0.39 is 15.6 Å². The molecule has 11 heteroatoms. The minimum Gasteiger partial charge on any atom is 0 e. The Bertz CT molecular complexity index is 321. The summed E-state index contributed by atoms with van der Waals surface area (Å²) >= 11 is 0. The molecular weight excluding hydrogens is 389 g/mol. The largest absolute Gasteiger partial charge is 0 e. The van der Waals surface area contributed by atoms with Gasteiger partial charge in [-0.15, -0.1) is 0 Å². The standard InChI is InChI=1S/C5H10.CHF3O3S.3CO.Mo/c1-2-4-5-3-1;2-1(3,4)8(5,6)7;3*1-2;/h1-5H2;(H,5,6,7);;;;. The Morgan fingerprint density at radius 2 is 0.900 bits per heavy atom. The zero-order valence-corrected chi connectivity index (χ0v) is 12.8. The van der Waals surface area contributed by atoms with Crippen LogP contribution in [0.4, 0.5) is 13.2 Å². The van der Waals surface area contributed by atoms with Crippen molar-refractivity contribution in [2.24, 2.45) is 0 Å². The average Bonchev–Trinajstić information content (AvgIpc) is 2.93. The second kappa shape index (κ2) is 20.9. The number of hydrogen-bond donors (Lipinski definition) is 1. The second-order valence-corrected chi connectivity index (χ2v) is 4.10. The van der Waals surface area contributed by atoms with Crippen LogP contribution in [-0.2, 0) is 45.1 Å². The smallest absolute Gasteiger partial charge is 0 e. The zero-order chi connectivity index (χ0) is 16.5. The molecule has 1 fully saturated rings. The van der Waals surface area contributed by atoms with Gasteiger partial charge in [0.1, 0.15) is 0 Å². The molecule has 1 rings (SSSR count). The fourth-order valence-corrected chi connectivity index (χ4v) is 0.884. The molecule has 0 atom stereocenters. The van der Waals surface area contributed by atoms with Gasteiger partial charge in [-0.25, -0.2) is 0 Å². The quantitative estimate of drug-likeness (QED) is 0.221. The SMILES string of the molecule is C1CCCC1.O=S(=O)(O)C(F)(F)F.[C-]#[O+].[C-]#[O+].[C-]#[O+].[Mo]. The first-order valence-electron chi connectivity index (χ1n) is 4.40. The molecule has 0 aromatic rings. The van der Waals surface area contributed by atoms with E-state index in [-0.39, 0.29) is 21.1 Å². The molecule has 0 aromatic carbocycles. The molecular formula is C9H11F3MoO6S. The average molecular weight is 400 g/mol. The van der Waals surface area contributed by atoms with Crippen molar-refractivity contribution >= 4 is 10.1 Å². The number of rotatable bonds is 0. The van der Waals surface area contributed by atoms with Gasteiger partial charge in [-0.1, -0.05) is 32.1 Å². The van der Waals surface area contributed by atoms with E-state index in [2.05, 4.69) is 20.0 Å². The van der Waals surface area contributed by atoms with E-state index in [4.69, 9.17) is 26.9 Å². The van der Waals surface area contributed by atoms with Gasteiger partial charge in [0.15, 0.2) is 0 Å². The predicted octanol–water partition coefficient (Wildman–Crippen LogP) is 2.23. The number of hydrogen-bond acceptors (Lipinski definition) is 2. The van der Waals surface area contributed by atoms with Gasteiger partial charge in [0, 0.05) is 21.1 Å². The molecule has 1 aliphatic rings. The van der Waals surface area contributed by atoms with E-state index in [1.807, 2.05) is 0 Å². The predicted molar refractivity (Wildman–Crippen MR) is 52.5 cm³/mol. The van der Waals surface area contributed by atoms with Crippen LogP contribution in [0, 0.1) is 20.0 Å². The summed E-state index contributed by atoms with van der Waals surface area (Å²) in [6, 6.07) is 0. The third kappa shape index (κ3) is 26.2. The summed E-state index contributed by atoms with van der Waals surface area (Å²) in [5, 5.41) is 0. The Kier molecular flexibility index (Phi) is 33.3. The van der Waals surface area contributed by atoms with Crippen molar-refractivity contribution in [3.8, 4) is 0 Å². The van der Waals surface area contributed by atoms with Crippen LogP contribution in [0.15, 0.2) is 0 Å². The van der Waals surface area contributed by atoms with Gasteiger partial charge in [-0.3, -0.25) is 4.55 Å². The van der Waals surface area contributed by atoms with Crippen molar-refractivity contribution in [3.63, 3.8) is 0 Å². The molecule has 0 aromatic heterocycles. The first-order chi connectivity index (χ1) is 8.75. The molecule has 0 amide bonds. The van der Waals surface area contributed by atoms with Gasteiger partial charge in [-0.2, -0.15) is 21.6 Å². The van der Waals surface area contributed by atoms with Crippen molar-refractivity contribution in [1.29, 1.82) is 0 Å². The third-order valence-electron chi connectivity index (χ3n) is 1.54. The van der Waals surface area contributed by atoms with Gasteiger partial charge in [-0.05, 0) is 0 Å². The van der Waals surface area contributed by atoms with Crippen molar-refractivity contribution in [2.45, 2.75) is 37.6 Å². The van der Waals surface area contributed by atoms with Crippen LogP contribution >= 0.6 is 0 Å². The van der Waals surface area contributed by atoms with Crippen LogP contribution in [0.2, 0.25) is 0 Å². The van der Waals surface area contributed by atoms with E-state index in [9.17, 15) is 13.2 Å². The Balaban J connectivity index is -0.0000000542. The molecule has 1 saturated carbocycles. The fourth-order valence-electron chi connectivity index (χ4n) is 0.884. The van der Waals surface area contributed by atoms with E-state index in [0.717, 1.165) is 0 Å². The first kappa shape index (κ1) is 31.8. The van der Waals surface area contributed by atoms with Gasteiger partial charge < -0.3 is 0 Å². The zero-order valence-electron chi connectivity index (χ0n) is 9.97. The maximum absolute atomic E-state index is 10.7. The summed E-state index contributed by atoms with van der Waals surface area (Å²) in [4.78, 5) is 0. The van der Waals surface area contributed by atoms with Crippen LogP contribution in [0.3, 0.4) is 0 Å². The van der Waals surface area contributed by atoms with Crippen molar-refractivity contribution in [3.05, 3.63) is 20.0 Å². The summed E-state index contributed by atoms with van der Waals surface area (Å²) < 4.78 is 80.0. The molecule has 0 unspecified atom stereocenters. The molecule has 1 N–H and O–H groups in total. The van der Waals surface area contributed by atoms with Crippen LogP contribution in [0.1, 0.15) is 32.1 Å². The minimum absolute atomic E-state index is 0. The first-order valence-corrected chi connectivity index (χ1v) is 5.84.